The monoisotopic (exact) mass is 470 g/mol. The van der Waals surface area contributed by atoms with Crippen LogP contribution in [0.25, 0.3) is 5.76 Å². The molecule has 1 aliphatic rings. The van der Waals surface area contributed by atoms with Crippen molar-refractivity contribution in [1.29, 1.82) is 0 Å². The fraction of sp³-hybridized carbons (Fsp3) is 0.280. The molecule has 174 valence electrons. The van der Waals surface area contributed by atoms with Crippen LogP contribution in [-0.2, 0) is 9.59 Å². The third-order valence-electron chi connectivity index (χ3n) is 5.32. The van der Waals surface area contributed by atoms with Crippen molar-refractivity contribution in [1.82, 2.24) is 9.80 Å². The second-order valence-corrected chi connectivity index (χ2v) is 8.42. The summed E-state index contributed by atoms with van der Waals surface area (Å²) in [7, 11) is 3.85. The van der Waals surface area contributed by atoms with Gasteiger partial charge in [0.25, 0.3) is 11.7 Å². The van der Waals surface area contributed by atoms with Crippen molar-refractivity contribution >= 4 is 29.1 Å². The SMILES string of the molecule is C=CCOc1ccc(C2C(=C(O)c3cc(Cl)ccc3O)C(=O)C(=O)N2CCCN(C)C)cc1. The number of aliphatic hydroxyl groups is 1. The van der Waals surface area contributed by atoms with Crippen LogP contribution in [0, 0.1) is 0 Å². The molecule has 7 nitrogen and oxygen atoms in total. The molecule has 0 aliphatic carbocycles. The number of hydrogen-bond donors (Lipinski definition) is 2. The van der Waals surface area contributed by atoms with Crippen LogP contribution in [0.4, 0.5) is 0 Å². The predicted octanol–water partition coefficient (Wildman–Crippen LogP) is 3.98. The highest BCUT2D eigenvalue weighted by Gasteiger charge is 2.46. The molecule has 1 heterocycles. The number of ether oxygens (including phenoxy) is 1. The third kappa shape index (κ3) is 5.38. The molecule has 1 aliphatic heterocycles. The lowest BCUT2D eigenvalue weighted by Crippen LogP contribution is -2.32. The van der Waals surface area contributed by atoms with Crippen molar-refractivity contribution < 1.29 is 24.5 Å². The molecule has 0 aromatic heterocycles. The number of likely N-dealkylation sites (tertiary alicyclic amines) is 1. The van der Waals surface area contributed by atoms with E-state index in [2.05, 4.69) is 6.58 Å². The standard InChI is InChI=1S/C25H27ClN2O5/c1-4-14-33-18-9-6-16(7-10-18)22-21(23(30)19-15-17(26)8-11-20(19)29)24(31)25(32)28(22)13-5-12-27(2)3/h4,6-11,15,22,29-30H,1,5,12-14H2,2-3H3. The summed E-state index contributed by atoms with van der Waals surface area (Å²) in [5.41, 5.74) is 0.528. The molecular formula is C25H27ClN2O5. The van der Waals surface area contributed by atoms with Crippen LogP contribution in [0.15, 0.2) is 60.7 Å². The fourth-order valence-electron chi connectivity index (χ4n) is 3.76. The van der Waals surface area contributed by atoms with E-state index >= 15 is 0 Å². The molecule has 1 atom stereocenters. The van der Waals surface area contributed by atoms with E-state index in [0.717, 1.165) is 6.54 Å². The van der Waals surface area contributed by atoms with Crippen LogP contribution in [-0.4, -0.2) is 65.5 Å². The summed E-state index contributed by atoms with van der Waals surface area (Å²) in [6, 6.07) is 10.3. The van der Waals surface area contributed by atoms with Gasteiger partial charge in [0.05, 0.1) is 17.2 Å². The molecular weight excluding hydrogens is 444 g/mol. The molecule has 3 rings (SSSR count). The number of carbonyl (C=O) groups excluding carboxylic acids is 2. The van der Waals surface area contributed by atoms with Gasteiger partial charge in [-0.1, -0.05) is 36.4 Å². The fourth-order valence-corrected chi connectivity index (χ4v) is 3.93. The first-order valence-corrected chi connectivity index (χ1v) is 10.9. The summed E-state index contributed by atoms with van der Waals surface area (Å²) in [5.74, 6) is -1.62. The maximum absolute atomic E-state index is 13.0. The van der Waals surface area contributed by atoms with E-state index in [4.69, 9.17) is 16.3 Å². The summed E-state index contributed by atoms with van der Waals surface area (Å²) < 4.78 is 5.53. The average Bonchev–Trinajstić information content (AvgIpc) is 3.04. The summed E-state index contributed by atoms with van der Waals surface area (Å²) in [6.07, 6.45) is 2.27. The van der Waals surface area contributed by atoms with Gasteiger partial charge in [-0.15, -0.1) is 0 Å². The lowest BCUT2D eigenvalue weighted by atomic mass is 9.95. The second-order valence-electron chi connectivity index (χ2n) is 7.98. The smallest absolute Gasteiger partial charge is 0.295 e. The number of aliphatic hydroxyl groups excluding tert-OH is 1. The Hall–Kier alpha value is -3.29. The molecule has 33 heavy (non-hydrogen) atoms. The maximum Gasteiger partial charge on any atom is 0.295 e. The van der Waals surface area contributed by atoms with Crippen LogP contribution >= 0.6 is 11.6 Å². The Balaban J connectivity index is 2.09. The first-order chi connectivity index (χ1) is 15.7. The molecule has 1 unspecified atom stereocenters. The molecule has 2 aromatic carbocycles. The van der Waals surface area contributed by atoms with Crippen LogP contribution < -0.4 is 4.74 Å². The number of hydrogen-bond acceptors (Lipinski definition) is 6. The Labute approximate surface area is 198 Å². The van der Waals surface area contributed by atoms with E-state index in [0.29, 0.717) is 30.9 Å². The molecule has 8 heteroatoms. The van der Waals surface area contributed by atoms with E-state index in [1.807, 2.05) is 19.0 Å². The zero-order valence-electron chi connectivity index (χ0n) is 18.6. The van der Waals surface area contributed by atoms with Crippen molar-refractivity contribution in [2.75, 3.05) is 33.8 Å². The molecule has 1 fully saturated rings. The van der Waals surface area contributed by atoms with E-state index in [1.54, 1.807) is 30.3 Å². The minimum Gasteiger partial charge on any atom is -0.507 e. The number of benzene rings is 2. The minimum atomic E-state index is -0.820. The number of phenols is 1. The average molecular weight is 471 g/mol. The van der Waals surface area contributed by atoms with Crippen molar-refractivity contribution in [2.45, 2.75) is 12.5 Å². The molecule has 0 saturated carbocycles. The third-order valence-corrected chi connectivity index (χ3v) is 5.56. The Bertz CT molecular complexity index is 1080. The molecule has 1 saturated heterocycles. The van der Waals surface area contributed by atoms with Gasteiger partial charge in [0.1, 0.15) is 23.9 Å². The Morgan fingerprint density at radius 2 is 1.91 bits per heavy atom. The largest absolute Gasteiger partial charge is 0.507 e. The van der Waals surface area contributed by atoms with Gasteiger partial charge in [0.2, 0.25) is 0 Å². The number of ketones is 1. The molecule has 1 amide bonds. The number of amides is 1. The highest BCUT2D eigenvalue weighted by atomic mass is 35.5. The van der Waals surface area contributed by atoms with Gasteiger partial charge in [0, 0.05) is 11.6 Å². The molecule has 2 N–H and O–H groups in total. The normalized spacial score (nSPS) is 17.6. The van der Waals surface area contributed by atoms with Gasteiger partial charge in [0.15, 0.2) is 0 Å². The number of carbonyl (C=O) groups is 2. The van der Waals surface area contributed by atoms with E-state index < -0.39 is 23.5 Å². The van der Waals surface area contributed by atoms with Crippen molar-refractivity contribution in [3.8, 4) is 11.5 Å². The van der Waals surface area contributed by atoms with Gasteiger partial charge in [-0.3, -0.25) is 9.59 Å². The van der Waals surface area contributed by atoms with Crippen molar-refractivity contribution in [2.24, 2.45) is 0 Å². The summed E-state index contributed by atoms with van der Waals surface area (Å²) in [4.78, 5) is 29.5. The van der Waals surface area contributed by atoms with Crippen LogP contribution in [0.1, 0.15) is 23.6 Å². The number of nitrogens with zero attached hydrogens (tertiary/aromatic N) is 2. The highest BCUT2D eigenvalue weighted by molar-refractivity contribution is 6.46. The molecule has 0 spiro atoms. The number of halogens is 1. The number of phenolic OH excluding ortho intramolecular Hbond substituents is 1. The molecule has 0 radical (unpaired) electrons. The predicted molar refractivity (Wildman–Crippen MR) is 127 cm³/mol. The van der Waals surface area contributed by atoms with Gasteiger partial charge < -0.3 is 24.7 Å². The molecule has 0 bridgehead atoms. The van der Waals surface area contributed by atoms with Gasteiger partial charge in [-0.2, -0.15) is 0 Å². The van der Waals surface area contributed by atoms with Gasteiger partial charge in [-0.25, -0.2) is 0 Å². The maximum atomic E-state index is 13.0. The lowest BCUT2D eigenvalue weighted by Gasteiger charge is -2.26. The van der Waals surface area contributed by atoms with E-state index in [9.17, 15) is 19.8 Å². The van der Waals surface area contributed by atoms with E-state index in [-0.39, 0.29) is 21.9 Å². The van der Waals surface area contributed by atoms with Gasteiger partial charge in [-0.05, 0) is 63.0 Å². The quantitative estimate of drug-likeness (QED) is 0.249. The van der Waals surface area contributed by atoms with Crippen molar-refractivity contribution in [3.05, 3.63) is 76.8 Å². The van der Waals surface area contributed by atoms with Crippen LogP contribution in [0.2, 0.25) is 5.02 Å². The molecule has 2 aromatic rings. The summed E-state index contributed by atoms with van der Waals surface area (Å²) >= 11 is 6.04. The summed E-state index contributed by atoms with van der Waals surface area (Å²) in [6.45, 7) is 5.01. The topological polar surface area (TPSA) is 90.3 Å². The van der Waals surface area contributed by atoms with Crippen LogP contribution in [0.5, 0.6) is 11.5 Å². The lowest BCUT2D eigenvalue weighted by molar-refractivity contribution is -0.139. The number of rotatable bonds is 9. The summed E-state index contributed by atoms with van der Waals surface area (Å²) in [5, 5.41) is 21.6. The van der Waals surface area contributed by atoms with Gasteiger partial charge >= 0.3 is 0 Å². The first kappa shape index (κ1) is 24.4. The minimum absolute atomic E-state index is 0.00951. The number of aromatic hydroxyl groups is 1. The number of Topliss-reactive ketones (excluding diaryl/α,β-unsaturated/α-hetero) is 1. The zero-order valence-corrected chi connectivity index (χ0v) is 19.4. The second kappa shape index (κ2) is 10.6. The Morgan fingerprint density at radius 1 is 1.21 bits per heavy atom. The van der Waals surface area contributed by atoms with Crippen LogP contribution in [0.3, 0.4) is 0 Å². The highest BCUT2D eigenvalue weighted by Crippen LogP contribution is 2.41. The first-order valence-electron chi connectivity index (χ1n) is 10.5. The van der Waals surface area contributed by atoms with E-state index in [1.165, 1.54) is 23.1 Å². The Morgan fingerprint density at radius 3 is 2.55 bits per heavy atom. The zero-order chi connectivity index (χ0) is 24.1. The van der Waals surface area contributed by atoms with Crippen molar-refractivity contribution in [3.63, 3.8) is 0 Å². The Kier molecular flexibility index (Phi) is 7.79.